The van der Waals surface area contributed by atoms with E-state index in [4.69, 9.17) is 17.0 Å². The number of rotatable bonds is 6. The number of halogens is 3. The zero-order valence-corrected chi connectivity index (χ0v) is 15.4. The van der Waals surface area contributed by atoms with Gasteiger partial charge in [0.1, 0.15) is 11.5 Å². The minimum Gasteiger partial charge on any atom is -0.495 e. The summed E-state index contributed by atoms with van der Waals surface area (Å²) < 4.78 is 45.3. The molecule has 0 spiro atoms. The third-order valence-electron chi connectivity index (χ3n) is 3.21. The van der Waals surface area contributed by atoms with Crippen molar-refractivity contribution in [2.45, 2.75) is 6.36 Å². The van der Waals surface area contributed by atoms with Crippen molar-refractivity contribution in [3.8, 4) is 11.5 Å². The lowest BCUT2D eigenvalue weighted by Crippen LogP contribution is -2.45. The summed E-state index contributed by atoms with van der Waals surface area (Å²) in [5.41, 5.74) is 5.94. The Kier molecular flexibility index (Phi) is 7.27. The SMILES string of the molecule is COc1ccccc1NCC(=O)NNC(=S)Nc1ccc(OC(F)(F)F)cc1. The van der Waals surface area contributed by atoms with Crippen LogP contribution in [0.1, 0.15) is 0 Å². The van der Waals surface area contributed by atoms with Crippen LogP contribution in [0.25, 0.3) is 0 Å². The maximum atomic E-state index is 12.1. The molecule has 0 bridgehead atoms. The summed E-state index contributed by atoms with van der Waals surface area (Å²) in [6.45, 7) is -0.0422. The monoisotopic (exact) mass is 414 g/mol. The molecule has 11 heteroatoms. The molecule has 28 heavy (non-hydrogen) atoms. The molecule has 0 heterocycles. The number of hydrogen-bond acceptors (Lipinski definition) is 5. The van der Waals surface area contributed by atoms with Crippen molar-refractivity contribution in [3.05, 3.63) is 48.5 Å². The van der Waals surface area contributed by atoms with Gasteiger partial charge in [0.2, 0.25) is 0 Å². The molecule has 0 unspecified atom stereocenters. The molecule has 0 aliphatic rings. The average Bonchev–Trinajstić information content (AvgIpc) is 2.65. The molecule has 1 amide bonds. The van der Waals surface area contributed by atoms with E-state index in [0.717, 1.165) is 12.1 Å². The Bertz CT molecular complexity index is 816. The van der Waals surface area contributed by atoms with Crippen molar-refractivity contribution in [1.29, 1.82) is 0 Å². The minimum atomic E-state index is -4.76. The Balaban J connectivity index is 1.75. The molecule has 4 N–H and O–H groups in total. The number of alkyl halides is 3. The zero-order chi connectivity index (χ0) is 20.6. The lowest BCUT2D eigenvalue weighted by Gasteiger charge is -2.14. The van der Waals surface area contributed by atoms with Crippen LogP contribution in [0.4, 0.5) is 24.5 Å². The molecule has 0 aliphatic heterocycles. The van der Waals surface area contributed by atoms with Gasteiger partial charge in [0.15, 0.2) is 5.11 Å². The van der Waals surface area contributed by atoms with Crippen LogP contribution in [0.5, 0.6) is 11.5 Å². The van der Waals surface area contributed by atoms with Crippen molar-refractivity contribution in [2.75, 3.05) is 24.3 Å². The number of hydrazine groups is 1. The van der Waals surface area contributed by atoms with Gasteiger partial charge in [0, 0.05) is 5.69 Å². The smallest absolute Gasteiger partial charge is 0.495 e. The number of ether oxygens (including phenoxy) is 2. The summed E-state index contributed by atoms with van der Waals surface area (Å²) in [6, 6.07) is 12.1. The Morgan fingerprint density at radius 1 is 1.07 bits per heavy atom. The van der Waals surface area contributed by atoms with E-state index in [0.29, 0.717) is 17.1 Å². The first kappa shape index (κ1) is 21.1. The topological polar surface area (TPSA) is 83.7 Å². The number of anilines is 2. The number of para-hydroxylation sites is 2. The number of carbonyl (C=O) groups is 1. The highest BCUT2D eigenvalue weighted by Crippen LogP contribution is 2.24. The van der Waals surface area contributed by atoms with Crippen molar-refractivity contribution < 1.29 is 27.4 Å². The highest BCUT2D eigenvalue weighted by atomic mass is 32.1. The summed E-state index contributed by atoms with van der Waals surface area (Å²) in [5, 5.41) is 5.67. The second kappa shape index (κ2) is 9.65. The van der Waals surface area contributed by atoms with Gasteiger partial charge in [0.05, 0.1) is 19.3 Å². The third kappa shape index (κ3) is 7.19. The first-order valence-corrected chi connectivity index (χ1v) is 8.26. The Hall–Kier alpha value is -3.21. The second-order valence-corrected chi connectivity index (χ2v) is 5.66. The quantitative estimate of drug-likeness (QED) is 0.427. The largest absolute Gasteiger partial charge is 0.573 e. The molecule has 2 aromatic rings. The van der Waals surface area contributed by atoms with Crippen LogP contribution in [0.2, 0.25) is 0 Å². The number of hydrogen-bond donors (Lipinski definition) is 4. The number of carbonyl (C=O) groups excluding carboxylic acids is 1. The molecule has 0 atom stereocenters. The highest BCUT2D eigenvalue weighted by Gasteiger charge is 2.30. The maximum Gasteiger partial charge on any atom is 0.573 e. The van der Waals surface area contributed by atoms with Crippen LogP contribution in [-0.2, 0) is 4.79 Å². The Morgan fingerprint density at radius 3 is 2.39 bits per heavy atom. The van der Waals surface area contributed by atoms with Crippen LogP contribution in [0, 0.1) is 0 Å². The van der Waals surface area contributed by atoms with E-state index < -0.39 is 12.3 Å². The normalized spacial score (nSPS) is 10.6. The summed E-state index contributed by atoms with van der Waals surface area (Å²) in [5.74, 6) is -0.157. The molecule has 0 saturated carbocycles. The van der Waals surface area contributed by atoms with Gasteiger partial charge < -0.3 is 20.1 Å². The number of benzene rings is 2. The Morgan fingerprint density at radius 2 is 1.75 bits per heavy atom. The highest BCUT2D eigenvalue weighted by molar-refractivity contribution is 7.80. The van der Waals surface area contributed by atoms with Crippen LogP contribution in [-0.4, -0.2) is 31.0 Å². The maximum absolute atomic E-state index is 12.1. The fourth-order valence-electron chi connectivity index (χ4n) is 2.04. The van der Waals surface area contributed by atoms with Gasteiger partial charge in [-0.15, -0.1) is 13.2 Å². The summed E-state index contributed by atoms with van der Waals surface area (Å²) in [7, 11) is 1.52. The van der Waals surface area contributed by atoms with Crippen molar-refractivity contribution >= 4 is 34.6 Å². The molecular weight excluding hydrogens is 397 g/mol. The van der Waals surface area contributed by atoms with E-state index in [9.17, 15) is 18.0 Å². The van der Waals surface area contributed by atoms with E-state index >= 15 is 0 Å². The predicted octanol–water partition coefficient (Wildman–Crippen LogP) is 3.02. The number of thiocarbonyl (C=S) groups is 1. The first-order valence-electron chi connectivity index (χ1n) is 7.85. The zero-order valence-electron chi connectivity index (χ0n) is 14.6. The van der Waals surface area contributed by atoms with E-state index in [1.54, 1.807) is 24.3 Å². The van der Waals surface area contributed by atoms with Gasteiger partial charge in [-0.05, 0) is 48.6 Å². The third-order valence-corrected chi connectivity index (χ3v) is 3.41. The standard InChI is InChI=1S/C17H17F3N4O3S/c1-26-14-5-3-2-4-13(14)21-10-15(25)23-24-16(28)22-11-6-8-12(9-7-11)27-17(18,19)20/h2-9,21H,10H2,1H3,(H,23,25)(H2,22,24,28). The molecule has 0 aromatic heterocycles. The fourth-order valence-corrected chi connectivity index (χ4v) is 2.21. The van der Waals surface area contributed by atoms with Crippen LogP contribution >= 0.6 is 12.2 Å². The van der Waals surface area contributed by atoms with Crippen molar-refractivity contribution in [1.82, 2.24) is 10.9 Å². The molecule has 7 nitrogen and oxygen atoms in total. The molecular formula is C17H17F3N4O3S. The van der Waals surface area contributed by atoms with Crippen LogP contribution < -0.4 is 31.0 Å². The summed E-state index contributed by atoms with van der Waals surface area (Å²) >= 11 is 5.00. The fraction of sp³-hybridized carbons (Fsp3) is 0.176. The van der Waals surface area contributed by atoms with E-state index in [2.05, 4.69) is 26.2 Å². The molecule has 0 aliphatic carbocycles. The van der Waals surface area contributed by atoms with Crippen LogP contribution in [0.15, 0.2) is 48.5 Å². The first-order chi connectivity index (χ1) is 13.3. The lowest BCUT2D eigenvalue weighted by molar-refractivity contribution is -0.274. The van der Waals surface area contributed by atoms with Gasteiger partial charge in [-0.1, -0.05) is 12.1 Å². The Labute approximate surface area is 164 Å². The van der Waals surface area contributed by atoms with E-state index in [1.807, 2.05) is 0 Å². The van der Waals surface area contributed by atoms with Crippen LogP contribution in [0.3, 0.4) is 0 Å². The second-order valence-electron chi connectivity index (χ2n) is 5.25. The molecule has 0 saturated heterocycles. The molecule has 0 fully saturated rings. The summed E-state index contributed by atoms with van der Waals surface area (Å²) in [6.07, 6.45) is -4.76. The molecule has 2 aromatic carbocycles. The van der Waals surface area contributed by atoms with Crippen molar-refractivity contribution in [2.24, 2.45) is 0 Å². The van der Waals surface area contributed by atoms with Gasteiger partial charge in [-0.3, -0.25) is 15.6 Å². The van der Waals surface area contributed by atoms with Gasteiger partial charge in [-0.25, -0.2) is 0 Å². The molecule has 0 radical (unpaired) electrons. The van der Waals surface area contributed by atoms with E-state index in [-0.39, 0.29) is 17.4 Å². The van der Waals surface area contributed by atoms with Gasteiger partial charge >= 0.3 is 6.36 Å². The number of nitrogens with one attached hydrogen (secondary N) is 4. The number of methoxy groups -OCH3 is 1. The average molecular weight is 414 g/mol. The molecule has 2 rings (SSSR count). The summed E-state index contributed by atoms with van der Waals surface area (Å²) in [4.78, 5) is 11.9. The minimum absolute atomic E-state index is 0.0422. The lowest BCUT2D eigenvalue weighted by atomic mass is 10.3. The van der Waals surface area contributed by atoms with Gasteiger partial charge in [0.25, 0.3) is 5.91 Å². The molecule has 150 valence electrons. The predicted molar refractivity (Wildman–Crippen MR) is 102 cm³/mol. The van der Waals surface area contributed by atoms with E-state index in [1.165, 1.54) is 19.2 Å². The van der Waals surface area contributed by atoms with Crippen molar-refractivity contribution in [3.63, 3.8) is 0 Å². The number of amides is 1. The van der Waals surface area contributed by atoms with Gasteiger partial charge in [-0.2, -0.15) is 0 Å².